The number of nitro benzene ring substituents is 1. The van der Waals surface area contributed by atoms with Gasteiger partial charge in [0, 0.05) is 11.6 Å². The Morgan fingerprint density at radius 2 is 2.25 bits per heavy atom. The number of carbonyl (C=O) groups is 1. The van der Waals surface area contributed by atoms with Crippen LogP contribution in [0.1, 0.15) is 35.3 Å². The lowest BCUT2D eigenvalue weighted by Crippen LogP contribution is -2.13. The molecule has 3 N–H and O–H groups in total. The molecule has 16 heavy (non-hydrogen) atoms. The molecule has 0 heterocycles. The molecule has 0 saturated heterocycles. The maximum absolute atomic E-state index is 10.9. The Hall–Kier alpha value is -1.95. The molecule has 6 heteroatoms. The first-order valence-electron chi connectivity index (χ1n) is 4.75. The van der Waals surface area contributed by atoms with E-state index in [4.69, 9.17) is 10.8 Å². The van der Waals surface area contributed by atoms with Crippen LogP contribution < -0.4 is 5.73 Å². The van der Waals surface area contributed by atoms with Crippen LogP contribution in [0.3, 0.4) is 0 Å². The first kappa shape index (κ1) is 12.1. The van der Waals surface area contributed by atoms with E-state index in [-0.39, 0.29) is 11.1 Å². The van der Waals surface area contributed by atoms with Crippen LogP contribution in [0.4, 0.5) is 5.69 Å². The molecule has 0 bridgehead atoms. The average Bonchev–Trinajstić information content (AvgIpc) is 2.26. The lowest BCUT2D eigenvalue weighted by atomic mass is 10.00. The zero-order valence-corrected chi connectivity index (χ0v) is 8.71. The van der Waals surface area contributed by atoms with Gasteiger partial charge in [0.05, 0.1) is 4.92 Å². The van der Waals surface area contributed by atoms with Crippen molar-refractivity contribution in [1.82, 2.24) is 0 Å². The molecule has 1 aromatic carbocycles. The minimum absolute atomic E-state index is 0.257. The maximum Gasteiger partial charge on any atom is 0.342 e. The predicted octanol–water partition coefficient (Wildman–Crippen LogP) is 1.70. The number of rotatable bonds is 4. The van der Waals surface area contributed by atoms with Crippen LogP contribution >= 0.6 is 0 Å². The number of carboxylic acid groups (broad SMARTS) is 1. The normalized spacial score (nSPS) is 12.1. The van der Waals surface area contributed by atoms with E-state index in [9.17, 15) is 14.9 Å². The summed E-state index contributed by atoms with van der Waals surface area (Å²) in [5, 5.41) is 19.7. The van der Waals surface area contributed by atoms with Gasteiger partial charge in [0.2, 0.25) is 0 Å². The van der Waals surface area contributed by atoms with Crippen molar-refractivity contribution in [3.05, 3.63) is 39.4 Å². The van der Waals surface area contributed by atoms with Gasteiger partial charge in [-0.3, -0.25) is 10.1 Å². The quantitative estimate of drug-likeness (QED) is 0.598. The van der Waals surface area contributed by atoms with Gasteiger partial charge in [0.15, 0.2) is 0 Å². The summed E-state index contributed by atoms with van der Waals surface area (Å²) < 4.78 is 0. The third-order valence-electron chi connectivity index (χ3n) is 2.32. The lowest BCUT2D eigenvalue weighted by molar-refractivity contribution is -0.386. The average molecular weight is 224 g/mol. The summed E-state index contributed by atoms with van der Waals surface area (Å²) in [6.45, 7) is 1.78. The Kier molecular flexibility index (Phi) is 3.57. The molecule has 0 spiro atoms. The number of nitrogens with zero attached hydrogens (tertiary/aromatic N) is 1. The number of benzene rings is 1. The third-order valence-corrected chi connectivity index (χ3v) is 2.32. The summed E-state index contributed by atoms with van der Waals surface area (Å²) in [6, 6.07) is 3.62. The van der Waals surface area contributed by atoms with Crippen LogP contribution in [0.15, 0.2) is 18.2 Å². The molecule has 6 nitrogen and oxygen atoms in total. The van der Waals surface area contributed by atoms with Crippen molar-refractivity contribution >= 4 is 11.7 Å². The molecule has 86 valence electrons. The van der Waals surface area contributed by atoms with Crippen LogP contribution in [0.5, 0.6) is 0 Å². The van der Waals surface area contributed by atoms with Crippen LogP contribution in [0.2, 0.25) is 0 Å². The molecule has 0 radical (unpaired) electrons. The van der Waals surface area contributed by atoms with E-state index in [0.29, 0.717) is 6.42 Å². The Morgan fingerprint density at radius 3 is 2.69 bits per heavy atom. The zero-order valence-electron chi connectivity index (χ0n) is 8.71. The zero-order chi connectivity index (χ0) is 12.3. The van der Waals surface area contributed by atoms with Crippen molar-refractivity contribution in [1.29, 1.82) is 0 Å². The first-order valence-corrected chi connectivity index (χ1v) is 4.75. The second-order valence-corrected chi connectivity index (χ2v) is 3.32. The van der Waals surface area contributed by atoms with Gasteiger partial charge in [-0.1, -0.05) is 19.1 Å². The second kappa shape index (κ2) is 4.71. The van der Waals surface area contributed by atoms with Crippen molar-refractivity contribution in [2.45, 2.75) is 19.4 Å². The van der Waals surface area contributed by atoms with Crippen LogP contribution in [-0.4, -0.2) is 16.0 Å². The Labute approximate surface area is 91.8 Å². The topological polar surface area (TPSA) is 106 Å². The van der Waals surface area contributed by atoms with E-state index in [1.807, 2.05) is 0 Å². The van der Waals surface area contributed by atoms with Crippen molar-refractivity contribution in [3.8, 4) is 0 Å². The van der Waals surface area contributed by atoms with E-state index in [2.05, 4.69) is 0 Å². The van der Waals surface area contributed by atoms with Crippen molar-refractivity contribution in [2.24, 2.45) is 5.73 Å². The standard InChI is InChI=1S/C10H12N2O4/c1-2-8(11)6-4-3-5-7(10(13)14)9(6)12(15)16/h3-5,8H,2,11H2,1H3,(H,13,14). The molecule has 1 aromatic rings. The SMILES string of the molecule is CCC(N)c1cccc(C(=O)O)c1[N+](=O)[O-]. The summed E-state index contributed by atoms with van der Waals surface area (Å²) in [7, 11) is 0. The molecule has 0 amide bonds. The number of nitro groups is 1. The van der Waals surface area contributed by atoms with E-state index in [0.717, 1.165) is 0 Å². The number of hydrogen-bond acceptors (Lipinski definition) is 4. The molecule has 0 fully saturated rings. The van der Waals surface area contributed by atoms with Gasteiger partial charge < -0.3 is 10.8 Å². The minimum Gasteiger partial charge on any atom is -0.477 e. The Balaban J connectivity index is 3.44. The Morgan fingerprint density at radius 1 is 1.62 bits per heavy atom. The van der Waals surface area contributed by atoms with E-state index >= 15 is 0 Å². The van der Waals surface area contributed by atoms with Crippen LogP contribution in [0.25, 0.3) is 0 Å². The summed E-state index contributed by atoms with van der Waals surface area (Å²) >= 11 is 0. The molecule has 0 aromatic heterocycles. The van der Waals surface area contributed by atoms with Gasteiger partial charge >= 0.3 is 5.97 Å². The van der Waals surface area contributed by atoms with Gasteiger partial charge in [-0.15, -0.1) is 0 Å². The number of para-hydroxylation sites is 1. The molecule has 1 atom stereocenters. The molecular weight excluding hydrogens is 212 g/mol. The minimum atomic E-state index is -1.32. The molecule has 0 aliphatic rings. The van der Waals surface area contributed by atoms with E-state index in [1.54, 1.807) is 6.92 Å². The lowest BCUT2D eigenvalue weighted by Gasteiger charge is -2.10. The first-order chi connectivity index (χ1) is 7.49. The molecule has 0 aliphatic heterocycles. The molecule has 0 saturated carbocycles. The number of carboxylic acids is 1. The van der Waals surface area contributed by atoms with Gasteiger partial charge in [0.25, 0.3) is 5.69 Å². The third kappa shape index (κ3) is 2.17. The summed E-state index contributed by atoms with van der Waals surface area (Å²) in [5.41, 5.74) is 5.22. The fourth-order valence-electron chi connectivity index (χ4n) is 1.46. The highest BCUT2D eigenvalue weighted by atomic mass is 16.6. The van der Waals surface area contributed by atoms with Gasteiger partial charge in [-0.2, -0.15) is 0 Å². The highest BCUT2D eigenvalue weighted by molar-refractivity contribution is 5.93. The number of hydrogen-bond donors (Lipinski definition) is 2. The van der Waals surface area contributed by atoms with Crippen molar-refractivity contribution in [3.63, 3.8) is 0 Å². The van der Waals surface area contributed by atoms with Gasteiger partial charge in [-0.25, -0.2) is 4.79 Å². The molecule has 1 unspecified atom stereocenters. The smallest absolute Gasteiger partial charge is 0.342 e. The maximum atomic E-state index is 10.9. The molecular formula is C10H12N2O4. The summed E-state index contributed by atoms with van der Waals surface area (Å²) in [4.78, 5) is 21.0. The number of nitrogens with two attached hydrogens (primary N) is 1. The summed E-state index contributed by atoms with van der Waals surface area (Å²) in [5.74, 6) is -1.32. The van der Waals surface area contributed by atoms with Crippen LogP contribution in [0, 0.1) is 10.1 Å². The molecule has 0 aliphatic carbocycles. The fraction of sp³-hybridized carbons (Fsp3) is 0.300. The monoisotopic (exact) mass is 224 g/mol. The largest absolute Gasteiger partial charge is 0.477 e. The highest BCUT2D eigenvalue weighted by Gasteiger charge is 2.26. The fourth-order valence-corrected chi connectivity index (χ4v) is 1.46. The van der Waals surface area contributed by atoms with Gasteiger partial charge in [0.1, 0.15) is 5.56 Å². The second-order valence-electron chi connectivity index (χ2n) is 3.32. The summed E-state index contributed by atoms with van der Waals surface area (Å²) in [6.07, 6.45) is 0.504. The van der Waals surface area contributed by atoms with E-state index in [1.165, 1.54) is 18.2 Å². The van der Waals surface area contributed by atoms with Gasteiger partial charge in [-0.05, 0) is 12.5 Å². The van der Waals surface area contributed by atoms with E-state index < -0.39 is 22.6 Å². The van der Waals surface area contributed by atoms with Crippen molar-refractivity contribution in [2.75, 3.05) is 0 Å². The predicted molar refractivity (Wildman–Crippen MR) is 57.3 cm³/mol. The van der Waals surface area contributed by atoms with Crippen molar-refractivity contribution < 1.29 is 14.8 Å². The van der Waals surface area contributed by atoms with Crippen LogP contribution in [-0.2, 0) is 0 Å². The molecule has 1 rings (SSSR count). The Bertz CT molecular complexity index is 431. The number of aromatic carboxylic acids is 1. The highest BCUT2D eigenvalue weighted by Crippen LogP contribution is 2.29.